The molecule has 0 spiro atoms. The molecule has 0 saturated heterocycles. The first-order valence-corrected chi connectivity index (χ1v) is 26.4. The number of anilines is 6. The van der Waals surface area contributed by atoms with Gasteiger partial charge in [0.05, 0.1) is 11.1 Å². The van der Waals surface area contributed by atoms with E-state index in [0.717, 1.165) is 17.6 Å². The van der Waals surface area contributed by atoms with Crippen LogP contribution in [0.3, 0.4) is 0 Å². The smallest absolute Gasteiger partial charge is 0.252 e. The molecule has 0 fully saturated rings. The van der Waals surface area contributed by atoms with Crippen molar-refractivity contribution in [3.63, 3.8) is 0 Å². The number of rotatable bonds is 2. The van der Waals surface area contributed by atoms with Crippen LogP contribution in [-0.2, 0) is 37.9 Å². The summed E-state index contributed by atoms with van der Waals surface area (Å²) in [5.41, 5.74) is 25.8. The van der Waals surface area contributed by atoms with Crippen LogP contribution in [0.5, 0.6) is 0 Å². The van der Waals surface area contributed by atoms with Gasteiger partial charge in [0.25, 0.3) is 6.71 Å². The van der Waals surface area contributed by atoms with Crippen LogP contribution in [0.1, 0.15) is 187 Å². The average Bonchev–Trinajstić information content (AvgIpc) is 3.66. The van der Waals surface area contributed by atoms with Gasteiger partial charge in [0.15, 0.2) is 0 Å². The van der Waals surface area contributed by atoms with Gasteiger partial charge in [-0.05, 0) is 199 Å². The molecule has 3 heterocycles. The molecular weight excluding hydrogens is 836 g/mol. The van der Waals surface area contributed by atoms with Crippen molar-refractivity contribution in [1.82, 2.24) is 0 Å². The Morgan fingerprint density at radius 1 is 0.449 bits per heavy atom. The Morgan fingerprint density at radius 2 is 0.928 bits per heavy atom. The third-order valence-electron chi connectivity index (χ3n) is 18.8. The summed E-state index contributed by atoms with van der Waals surface area (Å²) in [6.45, 7) is 39.0. The second-order valence-electron chi connectivity index (χ2n) is 27.5. The molecule has 354 valence electrons. The standard InChI is InChI=1S/C65H75BN2O/c1-38-30-53-58-54(31-38)68(50-18-17-19-55-57(50)41-22-20-39(59(2,3)4)32-56(41)69-55)52-37-47-45(63(11,12)27-29-65(47,15)16)35-49(52)66(58)48-34-44-46(64(13,14)28-26-62(44,9)10)36-51(48)67(53)40-21-23-42-43(33-40)61(7,8)25-24-60(42,5)6/h17-23,30-37H,24-29H2,1-16H3. The molecule has 0 radical (unpaired) electrons. The van der Waals surface area contributed by atoms with Crippen LogP contribution in [0.25, 0.3) is 21.9 Å². The lowest BCUT2D eigenvalue weighted by atomic mass is 9.32. The van der Waals surface area contributed by atoms with Gasteiger partial charge in [0.2, 0.25) is 0 Å². The number of benzene rings is 6. The number of nitrogens with zero attached hydrogens (tertiary/aromatic N) is 2. The Balaban J connectivity index is 1.22. The molecular formula is C65H75BN2O. The molecule has 7 aromatic rings. The van der Waals surface area contributed by atoms with E-state index in [4.69, 9.17) is 4.42 Å². The normalized spacial score (nSPS) is 20.7. The summed E-state index contributed by atoms with van der Waals surface area (Å²) in [6, 6.07) is 37.0. The topological polar surface area (TPSA) is 19.6 Å². The summed E-state index contributed by atoms with van der Waals surface area (Å²) in [5, 5.41) is 2.34. The monoisotopic (exact) mass is 911 g/mol. The number of furan rings is 1. The summed E-state index contributed by atoms with van der Waals surface area (Å²) in [7, 11) is 0. The van der Waals surface area contributed by atoms with E-state index in [0.29, 0.717) is 0 Å². The van der Waals surface area contributed by atoms with E-state index in [1.54, 1.807) is 0 Å². The van der Waals surface area contributed by atoms with Crippen LogP contribution < -0.4 is 26.2 Å². The lowest BCUT2D eigenvalue weighted by molar-refractivity contribution is 0.332. The van der Waals surface area contributed by atoms with E-state index in [1.165, 1.54) is 138 Å². The van der Waals surface area contributed by atoms with Crippen LogP contribution in [0.4, 0.5) is 34.1 Å². The maximum atomic E-state index is 6.90. The predicted octanol–water partition coefficient (Wildman–Crippen LogP) is 16.3. The van der Waals surface area contributed by atoms with Crippen molar-refractivity contribution in [3.8, 4) is 0 Å². The van der Waals surface area contributed by atoms with Crippen molar-refractivity contribution in [2.75, 3.05) is 9.80 Å². The highest BCUT2D eigenvalue weighted by molar-refractivity contribution is 7.00. The molecule has 3 aliphatic carbocycles. The molecule has 0 unspecified atom stereocenters. The molecule has 0 amide bonds. The van der Waals surface area contributed by atoms with Gasteiger partial charge in [-0.3, -0.25) is 0 Å². The zero-order chi connectivity index (χ0) is 48.9. The van der Waals surface area contributed by atoms with Gasteiger partial charge in [0, 0.05) is 33.8 Å². The summed E-state index contributed by atoms with van der Waals surface area (Å²) >= 11 is 0. The Morgan fingerprint density at radius 3 is 1.46 bits per heavy atom. The molecule has 0 bridgehead atoms. The van der Waals surface area contributed by atoms with Gasteiger partial charge in [0.1, 0.15) is 11.2 Å². The van der Waals surface area contributed by atoms with E-state index < -0.39 is 0 Å². The van der Waals surface area contributed by atoms with Gasteiger partial charge in [-0.15, -0.1) is 0 Å². The minimum Gasteiger partial charge on any atom is -0.456 e. The molecule has 0 N–H and O–H groups in total. The van der Waals surface area contributed by atoms with Crippen LogP contribution in [0.2, 0.25) is 0 Å². The fourth-order valence-electron chi connectivity index (χ4n) is 14.0. The second-order valence-corrected chi connectivity index (χ2v) is 27.5. The molecule has 5 aliphatic rings. The first-order valence-electron chi connectivity index (χ1n) is 26.4. The molecule has 4 heteroatoms. The van der Waals surface area contributed by atoms with Crippen molar-refractivity contribution >= 4 is 79.2 Å². The number of hydrogen-bond donors (Lipinski definition) is 0. The Kier molecular flexibility index (Phi) is 9.13. The van der Waals surface area contributed by atoms with Crippen molar-refractivity contribution < 1.29 is 4.42 Å². The molecule has 12 rings (SSSR count). The van der Waals surface area contributed by atoms with Gasteiger partial charge >= 0.3 is 0 Å². The predicted molar refractivity (Wildman–Crippen MR) is 297 cm³/mol. The minimum absolute atomic E-state index is 0.00745. The highest BCUT2D eigenvalue weighted by Crippen LogP contribution is 2.55. The van der Waals surface area contributed by atoms with Crippen molar-refractivity contribution in [1.29, 1.82) is 0 Å². The number of hydrogen-bond acceptors (Lipinski definition) is 3. The minimum atomic E-state index is 0.00745. The SMILES string of the molecule is Cc1cc2c3c(c1)N(c1cccc4oc5cc(C(C)(C)C)ccc5c14)c1cc4c(cc1B3c1cc3c(cc1N2c1ccc2c(c1)C(C)(C)CCC2(C)C)C(C)(C)CCC3(C)C)C(C)(C)CCC4(C)C. The molecule has 0 atom stereocenters. The summed E-state index contributed by atoms with van der Waals surface area (Å²) in [6.07, 6.45) is 7.07. The maximum absolute atomic E-state index is 6.90. The Bertz CT molecular complexity index is 3360. The second kappa shape index (κ2) is 14.0. The molecule has 69 heavy (non-hydrogen) atoms. The van der Waals surface area contributed by atoms with E-state index in [-0.39, 0.29) is 44.6 Å². The van der Waals surface area contributed by atoms with Crippen molar-refractivity contribution in [3.05, 3.63) is 136 Å². The molecule has 6 aromatic carbocycles. The third-order valence-corrected chi connectivity index (χ3v) is 18.8. The van der Waals surface area contributed by atoms with Crippen LogP contribution in [0.15, 0.2) is 95.4 Å². The third kappa shape index (κ3) is 6.44. The number of aryl methyl sites for hydroxylation is 1. The first kappa shape index (κ1) is 45.0. The zero-order valence-corrected chi connectivity index (χ0v) is 44.8. The molecule has 1 aromatic heterocycles. The van der Waals surface area contributed by atoms with E-state index in [9.17, 15) is 0 Å². The highest BCUT2D eigenvalue weighted by Gasteiger charge is 2.49. The molecule has 0 saturated carbocycles. The van der Waals surface area contributed by atoms with E-state index in [1.807, 2.05) is 0 Å². The fraction of sp³-hybridized carbons (Fsp3) is 0.446. The largest absolute Gasteiger partial charge is 0.456 e. The maximum Gasteiger partial charge on any atom is 0.252 e. The quantitative estimate of drug-likeness (QED) is 0.161. The summed E-state index contributed by atoms with van der Waals surface area (Å²) < 4.78 is 6.90. The lowest BCUT2D eigenvalue weighted by Crippen LogP contribution is -2.62. The lowest BCUT2D eigenvalue weighted by Gasteiger charge is -2.49. The first-order chi connectivity index (χ1) is 32.2. The van der Waals surface area contributed by atoms with Crippen LogP contribution >= 0.6 is 0 Å². The number of fused-ring (bicyclic) bond motifs is 10. The zero-order valence-electron chi connectivity index (χ0n) is 44.8. The summed E-state index contributed by atoms with van der Waals surface area (Å²) in [5.74, 6) is 0. The van der Waals surface area contributed by atoms with Gasteiger partial charge in [-0.1, -0.05) is 140 Å². The van der Waals surface area contributed by atoms with Crippen LogP contribution in [-0.4, -0.2) is 6.71 Å². The van der Waals surface area contributed by atoms with Gasteiger partial charge in [-0.25, -0.2) is 0 Å². The Hall–Kier alpha value is -5.22. The molecule has 2 aliphatic heterocycles. The Labute approximate surface area is 414 Å². The van der Waals surface area contributed by atoms with Gasteiger partial charge in [-0.2, -0.15) is 0 Å². The highest BCUT2D eigenvalue weighted by atomic mass is 16.3. The van der Waals surface area contributed by atoms with Crippen LogP contribution in [0, 0.1) is 6.92 Å². The van der Waals surface area contributed by atoms with Gasteiger partial charge < -0.3 is 14.2 Å². The summed E-state index contributed by atoms with van der Waals surface area (Å²) in [4.78, 5) is 5.39. The van der Waals surface area contributed by atoms with E-state index >= 15 is 0 Å². The fourth-order valence-corrected chi connectivity index (χ4v) is 14.0. The van der Waals surface area contributed by atoms with E-state index in [2.05, 4.69) is 212 Å². The molecule has 3 nitrogen and oxygen atoms in total. The average molecular weight is 911 g/mol. The van der Waals surface area contributed by atoms with Crippen molar-refractivity contribution in [2.45, 2.75) is 187 Å². The van der Waals surface area contributed by atoms with Crippen molar-refractivity contribution in [2.24, 2.45) is 0 Å².